The molecule has 0 amide bonds. The first-order valence-corrected chi connectivity index (χ1v) is 22.6. The van der Waals surface area contributed by atoms with E-state index in [1.54, 1.807) is 26.9 Å². The van der Waals surface area contributed by atoms with Gasteiger partial charge in [-0.3, -0.25) is 4.79 Å². The molecule has 0 aliphatic rings. The molecule has 4 heterocycles. The predicted octanol–water partition coefficient (Wildman–Crippen LogP) is 11.5. The molecule has 13 heteroatoms. The van der Waals surface area contributed by atoms with E-state index >= 15 is 4.79 Å². The monoisotopic (exact) mass is 922 g/mol. The topological polar surface area (TPSA) is 141 Å². The number of ether oxygens (including phenoxy) is 4. The van der Waals surface area contributed by atoms with Crippen LogP contribution >= 0.6 is 0 Å². The van der Waals surface area contributed by atoms with E-state index in [1.165, 1.54) is 12.7 Å². The molecule has 10 rings (SSSR count). The van der Waals surface area contributed by atoms with Crippen LogP contribution < -0.4 is 18.9 Å². The first-order valence-electron chi connectivity index (χ1n) is 22.6. The summed E-state index contributed by atoms with van der Waals surface area (Å²) in [7, 11) is 3.26. The van der Waals surface area contributed by atoms with Crippen molar-refractivity contribution >= 4 is 40.3 Å². The molecular formula is C57H46N8O5. The number of hydrogen-bond acceptors (Lipinski definition) is 11. The number of carbonyl (C=O) groups excluding carboxylic acids is 1. The molecule has 0 aliphatic heterocycles. The van der Waals surface area contributed by atoms with Gasteiger partial charge in [0.05, 0.1) is 51.8 Å². The smallest absolute Gasteiger partial charge is 0.250 e. The number of nitrogens with zero attached hydrogens (tertiary/aromatic N) is 8. The van der Waals surface area contributed by atoms with Gasteiger partial charge in [-0.05, 0) is 58.7 Å². The van der Waals surface area contributed by atoms with Gasteiger partial charge in [-0.15, -0.1) is 0 Å². The van der Waals surface area contributed by atoms with Gasteiger partial charge in [0.1, 0.15) is 35.7 Å². The molecule has 70 heavy (non-hydrogen) atoms. The summed E-state index contributed by atoms with van der Waals surface area (Å²) in [5, 5.41) is 0. The van der Waals surface area contributed by atoms with Crippen molar-refractivity contribution < 1.29 is 23.7 Å². The van der Waals surface area contributed by atoms with E-state index in [0.29, 0.717) is 70.2 Å². The van der Waals surface area contributed by atoms with E-state index in [4.69, 9.17) is 18.9 Å². The van der Waals surface area contributed by atoms with Crippen molar-refractivity contribution in [3.8, 4) is 34.8 Å². The molecule has 0 bridgehead atoms. The van der Waals surface area contributed by atoms with Crippen LogP contribution in [0.4, 0.5) is 0 Å². The lowest BCUT2D eigenvalue weighted by Gasteiger charge is -2.20. The van der Waals surface area contributed by atoms with Crippen molar-refractivity contribution in [3.05, 3.63) is 229 Å². The first-order chi connectivity index (χ1) is 34.5. The molecule has 2 unspecified atom stereocenters. The summed E-state index contributed by atoms with van der Waals surface area (Å²) in [5.41, 5.74) is 7.78. The van der Waals surface area contributed by atoms with Gasteiger partial charge in [-0.25, -0.2) is 19.9 Å². The van der Waals surface area contributed by atoms with Crippen molar-refractivity contribution in [2.45, 2.75) is 24.9 Å². The van der Waals surface area contributed by atoms with E-state index in [0.717, 1.165) is 33.4 Å². The summed E-state index contributed by atoms with van der Waals surface area (Å²) >= 11 is 0. The van der Waals surface area contributed by atoms with E-state index in [1.807, 2.05) is 167 Å². The van der Waals surface area contributed by atoms with Crippen LogP contribution in [0.5, 0.6) is 34.8 Å². The Morgan fingerprint density at radius 1 is 0.486 bits per heavy atom. The normalized spacial score (nSPS) is 12.4. The second kappa shape index (κ2) is 20.7. The Labute approximate surface area is 404 Å². The van der Waals surface area contributed by atoms with E-state index < -0.39 is 11.8 Å². The van der Waals surface area contributed by atoms with Crippen molar-refractivity contribution in [2.75, 3.05) is 14.2 Å². The molecule has 6 aromatic carbocycles. The Bertz CT molecular complexity index is 3220. The molecule has 4 aromatic heterocycles. The molecule has 0 radical (unpaired) electrons. The van der Waals surface area contributed by atoms with Crippen LogP contribution in [0, 0.1) is 0 Å². The van der Waals surface area contributed by atoms with Gasteiger partial charge in [0.25, 0.3) is 11.8 Å². The van der Waals surface area contributed by atoms with Gasteiger partial charge in [0, 0.05) is 11.1 Å². The maximum atomic E-state index is 15.4. The average molecular weight is 923 g/mol. The van der Waals surface area contributed by atoms with Gasteiger partial charge >= 0.3 is 0 Å². The third kappa shape index (κ3) is 9.90. The number of methoxy groups -OCH3 is 2. The second-order valence-electron chi connectivity index (χ2n) is 16.3. The number of rotatable bonds is 18. The van der Waals surface area contributed by atoms with Gasteiger partial charge in [0.2, 0.25) is 0 Å². The van der Waals surface area contributed by atoms with Crippen molar-refractivity contribution in [3.63, 3.8) is 0 Å². The van der Waals surface area contributed by atoms with Crippen LogP contribution in [-0.4, -0.2) is 59.0 Å². The van der Waals surface area contributed by atoms with Crippen molar-refractivity contribution in [1.82, 2.24) is 39.0 Å². The van der Waals surface area contributed by atoms with Crippen LogP contribution in [0.3, 0.4) is 0 Å². The molecule has 0 saturated carbocycles. The van der Waals surface area contributed by atoms with Gasteiger partial charge in [-0.1, -0.05) is 146 Å². The third-order valence-corrected chi connectivity index (χ3v) is 11.9. The minimum Gasteiger partial charge on any atom is -0.496 e. The standard InChI is InChI=1S/C57H46N8O5/c1-67-49-19-11-9-17-43(49)25-31-47(41-21-27-45(28-22-41)69-56-51-54(58-35-60-56)64(37-62-51)33-39-13-5-3-6-14-39)53(66)48(32-26-44-18-10-12-20-50(44)68-2)42-23-29-46(30-24-42)70-57-52-55(59-36-61-57)65(38-63-52)34-40-15-7-4-8-16-40/h3-32,35-38,47-48H,33-34H2,1-2H3/b31-25+,32-26+. The van der Waals surface area contributed by atoms with Crippen LogP contribution in [-0.2, 0) is 17.9 Å². The zero-order chi connectivity index (χ0) is 47.7. The Morgan fingerprint density at radius 3 is 1.30 bits per heavy atom. The number of allylic oxidation sites excluding steroid dienone is 2. The Morgan fingerprint density at radius 2 is 0.886 bits per heavy atom. The fourth-order valence-electron chi connectivity index (χ4n) is 8.31. The Hall–Kier alpha value is -9.23. The van der Waals surface area contributed by atoms with Gasteiger partial charge < -0.3 is 28.1 Å². The molecule has 2 atom stereocenters. The number of imidazole rings is 2. The maximum Gasteiger partial charge on any atom is 0.250 e. The number of fused-ring (bicyclic) bond motifs is 2. The number of Topliss-reactive ketones (excluding diaryl/α,β-unsaturated/α-hetero) is 1. The zero-order valence-corrected chi connectivity index (χ0v) is 38.3. The number of ketones is 1. The molecule has 0 saturated heterocycles. The molecular weight excluding hydrogens is 877 g/mol. The Balaban J connectivity index is 0.965. The largest absolute Gasteiger partial charge is 0.496 e. The lowest BCUT2D eigenvalue weighted by atomic mass is 9.82. The Kier molecular flexibility index (Phi) is 13.2. The second-order valence-corrected chi connectivity index (χ2v) is 16.3. The molecule has 0 fully saturated rings. The summed E-state index contributed by atoms with van der Waals surface area (Å²) in [4.78, 5) is 42.6. The van der Waals surface area contributed by atoms with E-state index in [2.05, 4.69) is 54.2 Å². The van der Waals surface area contributed by atoms with Gasteiger partial charge in [-0.2, -0.15) is 9.97 Å². The van der Waals surface area contributed by atoms with Crippen molar-refractivity contribution in [2.24, 2.45) is 0 Å². The van der Waals surface area contributed by atoms with Crippen LogP contribution in [0.25, 0.3) is 34.5 Å². The highest BCUT2D eigenvalue weighted by Gasteiger charge is 2.27. The lowest BCUT2D eigenvalue weighted by Crippen LogP contribution is -2.18. The molecule has 344 valence electrons. The highest BCUT2D eigenvalue weighted by Crippen LogP contribution is 2.35. The average Bonchev–Trinajstić information content (AvgIpc) is 4.02. The summed E-state index contributed by atoms with van der Waals surface area (Å²) in [6.45, 7) is 1.20. The number of benzene rings is 6. The summed E-state index contributed by atoms with van der Waals surface area (Å²) in [6, 6.07) is 50.6. The fourth-order valence-corrected chi connectivity index (χ4v) is 8.31. The highest BCUT2D eigenvalue weighted by atomic mass is 16.5. The fraction of sp³-hybridized carbons (Fsp3) is 0.105. The lowest BCUT2D eigenvalue weighted by molar-refractivity contribution is -0.120. The number of para-hydroxylation sites is 2. The molecule has 0 N–H and O–H groups in total. The SMILES string of the molecule is COc1ccccc1/C=C/C(C(=O)C(/C=C/c1ccccc1OC)c1ccc(Oc2ncnc3c2ncn3Cc2ccccc2)cc1)c1ccc(Oc2ncnc3c2ncn3Cc2ccccc2)cc1. The summed E-state index contributed by atoms with van der Waals surface area (Å²) in [5.74, 6) is 1.54. The quantitative estimate of drug-likeness (QED) is 0.0812. The van der Waals surface area contributed by atoms with Crippen molar-refractivity contribution in [1.29, 1.82) is 0 Å². The zero-order valence-electron chi connectivity index (χ0n) is 38.3. The minimum atomic E-state index is -0.720. The van der Waals surface area contributed by atoms with E-state index in [9.17, 15) is 0 Å². The maximum absolute atomic E-state index is 15.4. The minimum absolute atomic E-state index is 0.0810. The van der Waals surface area contributed by atoms with Crippen LogP contribution in [0.15, 0.2) is 195 Å². The molecule has 13 nitrogen and oxygen atoms in total. The first kappa shape index (κ1) is 44.6. The third-order valence-electron chi connectivity index (χ3n) is 11.9. The van der Waals surface area contributed by atoms with E-state index in [-0.39, 0.29) is 5.78 Å². The number of hydrogen-bond donors (Lipinski definition) is 0. The summed E-state index contributed by atoms with van der Waals surface area (Å²) < 4.78 is 28.0. The van der Waals surface area contributed by atoms with Crippen LogP contribution in [0.2, 0.25) is 0 Å². The number of carbonyl (C=O) groups is 1. The predicted molar refractivity (Wildman–Crippen MR) is 269 cm³/mol. The molecule has 0 spiro atoms. The highest BCUT2D eigenvalue weighted by molar-refractivity contribution is 5.96. The van der Waals surface area contributed by atoms with Crippen LogP contribution in [0.1, 0.15) is 45.2 Å². The summed E-state index contributed by atoms with van der Waals surface area (Å²) in [6.07, 6.45) is 14.1. The molecule has 0 aliphatic carbocycles. The van der Waals surface area contributed by atoms with Gasteiger partial charge in [0.15, 0.2) is 28.1 Å². The number of aromatic nitrogens is 8. The molecule has 10 aromatic rings.